The number of nitrogens with one attached hydrogen (secondary N) is 1. The molecule has 1 aromatic heterocycles. The van der Waals surface area contributed by atoms with Gasteiger partial charge in [-0.2, -0.15) is 4.31 Å². The van der Waals surface area contributed by atoms with E-state index < -0.39 is 28.4 Å². The highest BCUT2D eigenvalue weighted by Crippen LogP contribution is 2.32. The summed E-state index contributed by atoms with van der Waals surface area (Å²) in [6.45, 7) is 0.452. The van der Waals surface area contributed by atoms with Crippen LogP contribution < -0.4 is 14.8 Å². The molecule has 0 saturated heterocycles. The first-order valence-corrected chi connectivity index (χ1v) is 10.1. The van der Waals surface area contributed by atoms with E-state index in [9.17, 15) is 18.0 Å². The molecule has 11 heteroatoms. The average Bonchev–Trinajstić information content (AvgIpc) is 3.09. The summed E-state index contributed by atoms with van der Waals surface area (Å²) in [5, 5.41) is 2.63. The summed E-state index contributed by atoms with van der Waals surface area (Å²) in [6, 6.07) is 6.12. The first kappa shape index (κ1) is 20.7. The number of hydrogen-bond acceptors (Lipinski definition) is 7. The van der Waals surface area contributed by atoms with Gasteiger partial charge in [-0.25, -0.2) is 13.2 Å². The van der Waals surface area contributed by atoms with E-state index in [4.69, 9.17) is 9.47 Å². The lowest BCUT2D eigenvalue weighted by molar-refractivity contribution is -0.116. The molecule has 1 aliphatic heterocycles. The van der Waals surface area contributed by atoms with Gasteiger partial charge in [0, 0.05) is 32.0 Å². The van der Waals surface area contributed by atoms with Gasteiger partial charge in [0.1, 0.15) is 23.8 Å². The van der Waals surface area contributed by atoms with Gasteiger partial charge in [0.2, 0.25) is 15.9 Å². The Kier molecular flexibility index (Phi) is 5.80. The van der Waals surface area contributed by atoms with Crippen LogP contribution in [0.25, 0.3) is 0 Å². The molecule has 0 bridgehead atoms. The zero-order valence-corrected chi connectivity index (χ0v) is 17.0. The number of nitrogens with zero attached hydrogens (tertiary/aromatic N) is 2. The van der Waals surface area contributed by atoms with Crippen LogP contribution in [0.4, 0.5) is 5.69 Å². The van der Waals surface area contributed by atoms with E-state index in [1.165, 1.54) is 38.0 Å². The number of hydrogen-bond donors (Lipinski definition) is 1. The van der Waals surface area contributed by atoms with E-state index in [1.54, 1.807) is 18.2 Å². The first-order valence-electron chi connectivity index (χ1n) is 8.63. The van der Waals surface area contributed by atoms with Gasteiger partial charge in [-0.15, -0.1) is 0 Å². The highest BCUT2D eigenvalue weighted by molar-refractivity contribution is 7.89. The lowest BCUT2D eigenvalue weighted by Crippen LogP contribution is -2.34. The monoisotopic (exact) mass is 423 g/mol. The van der Waals surface area contributed by atoms with Crippen molar-refractivity contribution in [3.63, 3.8) is 0 Å². The summed E-state index contributed by atoms with van der Waals surface area (Å²) < 4.78 is 43.2. The van der Waals surface area contributed by atoms with Crippen LogP contribution in [0.2, 0.25) is 0 Å². The number of methoxy groups -OCH3 is 1. The molecule has 0 radical (unpaired) electrons. The van der Waals surface area contributed by atoms with Crippen LogP contribution in [0.15, 0.2) is 35.4 Å². The summed E-state index contributed by atoms with van der Waals surface area (Å²) in [7, 11) is 0.0302. The molecule has 0 atom stereocenters. The molecule has 156 valence electrons. The molecule has 1 amide bonds. The third-order valence-corrected chi connectivity index (χ3v) is 6.04. The number of likely N-dealkylation sites (N-methyl/N-ethyl adjacent to an activating group) is 1. The number of aryl methyl sites for hydroxylation is 1. The molecule has 0 spiro atoms. The SMILES string of the molecule is COC(=O)c1cc(S(=O)(=O)N(C)CC(=O)Nc2ccc3c(c2)OCCO3)cn1C. The first-order chi connectivity index (χ1) is 13.7. The van der Waals surface area contributed by atoms with E-state index in [0.717, 1.165) is 4.31 Å². The fourth-order valence-electron chi connectivity index (χ4n) is 2.77. The molecule has 0 unspecified atom stereocenters. The van der Waals surface area contributed by atoms with E-state index in [2.05, 4.69) is 10.1 Å². The van der Waals surface area contributed by atoms with Gasteiger partial charge in [0.25, 0.3) is 0 Å². The van der Waals surface area contributed by atoms with Gasteiger partial charge in [-0.1, -0.05) is 0 Å². The Morgan fingerprint density at radius 2 is 1.90 bits per heavy atom. The van der Waals surface area contributed by atoms with Gasteiger partial charge < -0.3 is 24.1 Å². The molecular weight excluding hydrogens is 402 g/mol. The van der Waals surface area contributed by atoms with Crippen LogP contribution in [-0.2, 0) is 26.6 Å². The molecule has 1 aliphatic rings. The number of esters is 1. The molecule has 0 saturated carbocycles. The predicted octanol–water partition coefficient (Wildman–Crippen LogP) is 0.842. The van der Waals surface area contributed by atoms with Crippen LogP contribution in [0.1, 0.15) is 10.5 Å². The largest absolute Gasteiger partial charge is 0.486 e. The van der Waals surface area contributed by atoms with E-state index >= 15 is 0 Å². The molecule has 1 N–H and O–H groups in total. The smallest absolute Gasteiger partial charge is 0.354 e. The van der Waals surface area contributed by atoms with Gasteiger partial charge in [-0.05, 0) is 18.2 Å². The fourth-order valence-corrected chi connectivity index (χ4v) is 3.97. The minimum absolute atomic E-state index is 0.0835. The van der Waals surface area contributed by atoms with Crippen molar-refractivity contribution >= 4 is 27.6 Å². The molecule has 2 aromatic rings. The number of anilines is 1. The van der Waals surface area contributed by atoms with Gasteiger partial charge >= 0.3 is 5.97 Å². The summed E-state index contributed by atoms with van der Waals surface area (Å²) in [4.78, 5) is 23.9. The number of rotatable bonds is 6. The van der Waals surface area contributed by atoms with E-state index in [-0.39, 0.29) is 10.6 Å². The zero-order chi connectivity index (χ0) is 21.2. The molecule has 10 nitrogen and oxygen atoms in total. The molecule has 0 fully saturated rings. The lowest BCUT2D eigenvalue weighted by Gasteiger charge is -2.19. The number of ether oxygens (including phenoxy) is 3. The van der Waals surface area contributed by atoms with Crippen LogP contribution in [0.3, 0.4) is 0 Å². The molecule has 2 heterocycles. The second-order valence-corrected chi connectivity index (χ2v) is 8.38. The Hall–Kier alpha value is -3.05. The number of amides is 1. The van der Waals surface area contributed by atoms with Crippen molar-refractivity contribution in [2.75, 3.05) is 39.2 Å². The number of aromatic nitrogens is 1. The number of carbonyl (C=O) groups is 2. The average molecular weight is 423 g/mol. The maximum atomic E-state index is 12.7. The Bertz CT molecular complexity index is 1050. The molecule has 29 heavy (non-hydrogen) atoms. The predicted molar refractivity (Wildman–Crippen MR) is 103 cm³/mol. The van der Waals surface area contributed by atoms with Crippen LogP contribution in [-0.4, -0.2) is 63.1 Å². The van der Waals surface area contributed by atoms with Crippen LogP contribution in [0.5, 0.6) is 11.5 Å². The third kappa shape index (κ3) is 4.35. The Morgan fingerprint density at radius 3 is 2.59 bits per heavy atom. The second kappa shape index (κ2) is 8.13. The topological polar surface area (TPSA) is 116 Å². The van der Waals surface area contributed by atoms with Crippen molar-refractivity contribution in [2.45, 2.75) is 4.90 Å². The third-order valence-electron chi connectivity index (χ3n) is 4.27. The molecule has 3 rings (SSSR count). The minimum Gasteiger partial charge on any atom is -0.486 e. The van der Waals surface area contributed by atoms with Crippen molar-refractivity contribution in [3.8, 4) is 11.5 Å². The van der Waals surface area contributed by atoms with Gasteiger partial charge in [0.15, 0.2) is 11.5 Å². The highest BCUT2D eigenvalue weighted by Gasteiger charge is 2.26. The standard InChI is InChI=1S/C18H21N3O7S/c1-20-10-13(9-14(20)18(23)26-3)29(24,25)21(2)11-17(22)19-12-4-5-15-16(8-12)28-7-6-27-15/h4-5,8-10H,6-7,11H2,1-3H3,(H,19,22). The van der Waals surface area contributed by atoms with Crippen LogP contribution >= 0.6 is 0 Å². The van der Waals surface area contributed by atoms with Crippen molar-refractivity contribution < 1.29 is 32.2 Å². The van der Waals surface area contributed by atoms with Crippen molar-refractivity contribution in [1.82, 2.24) is 8.87 Å². The van der Waals surface area contributed by atoms with Gasteiger partial charge in [0.05, 0.1) is 13.7 Å². The summed E-state index contributed by atoms with van der Waals surface area (Å²) >= 11 is 0. The Morgan fingerprint density at radius 1 is 1.21 bits per heavy atom. The van der Waals surface area contributed by atoms with Gasteiger partial charge in [-0.3, -0.25) is 4.79 Å². The van der Waals surface area contributed by atoms with E-state index in [0.29, 0.717) is 30.4 Å². The number of benzene rings is 1. The number of carbonyl (C=O) groups excluding carboxylic acids is 2. The minimum atomic E-state index is -3.98. The zero-order valence-electron chi connectivity index (χ0n) is 16.2. The molecule has 1 aromatic carbocycles. The lowest BCUT2D eigenvalue weighted by atomic mass is 10.2. The highest BCUT2D eigenvalue weighted by atomic mass is 32.2. The van der Waals surface area contributed by atoms with Crippen molar-refractivity contribution in [2.24, 2.45) is 7.05 Å². The summed E-state index contributed by atoms with van der Waals surface area (Å²) in [5.41, 5.74) is 0.540. The maximum Gasteiger partial charge on any atom is 0.354 e. The van der Waals surface area contributed by atoms with Crippen molar-refractivity contribution in [3.05, 3.63) is 36.2 Å². The quantitative estimate of drug-likeness (QED) is 0.685. The molecule has 0 aliphatic carbocycles. The van der Waals surface area contributed by atoms with Crippen molar-refractivity contribution in [1.29, 1.82) is 0 Å². The fraction of sp³-hybridized carbons (Fsp3) is 0.333. The molecular formula is C18H21N3O7S. The Labute approximate surface area is 168 Å². The number of sulfonamides is 1. The Balaban J connectivity index is 1.69. The maximum absolute atomic E-state index is 12.7. The summed E-state index contributed by atoms with van der Waals surface area (Å²) in [5.74, 6) is -0.0982. The second-order valence-electron chi connectivity index (χ2n) is 6.33. The number of fused-ring (bicyclic) bond motifs is 1. The summed E-state index contributed by atoms with van der Waals surface area (Å²) in [6.07, 6.45) is 1.29. The normalized spacial score (nSPS) is 13.2. The van der Waals surface area contributed by atoms with E-state index in [1.807, 2.05) is 0 Å². The van der Waals surface area contributed by atoms with Crippen LogP contribution in [0, 0.1) is 0 Å².